The van der Waals surface area contributed by atoms with E-state index in [4.69, 9.17) is 16.3 Å². The molecular weight excluding hydrogens is 468 g/mol. The predicted molar refractivity (Wildman–Crippen MR) is 134 cm³/mol. The van der Waals surface area contributed by atoms with Gasteiger partial charge in [-0.1, -0.05) is 11.6 Å². The topological polar surface area (TPSA) is 95.0 Å². The number of carbonyl (C=O) groups is 2. The molecule has 1 saturated carbocycles. The average molecular weight is 499 g/mol. The van der Waals surface area contributed by atoms with Crippen LogP contribution in [0.3, 0.4) is 0 Å². The van der Waals surface area contributed by atoms with Gasteiger partial charge in [-0.05, 0) is 76.6 Å². The maximum absolute atomic E-state index is 13.1. The zero-order valence-electron chi connectivity index (χ0n) is 20.3. The van der Waals surface area contributed by atoms with E-state index in [2.05, 4.69) is 15.2 Å². The number of ether oxygens (including phenoxy) is 1. The number of fused-ring (bicyclic) bond motifs is 1. The highest BCUT2D eigenvalue weighted by molar-refractivity contribution is 6.32. The number of aromatic nitrogens is 1. The Balaban J connectivity index is 1.29. The Kier molecular flexibility index (Phi) is 5.92. The minimum absolute atomic E-state index is 0.0615. The van der Waals surface area contributed by atoms with E-state index < -0.39 is 23.2 Å². The minimum atomic E-state index is -0.715. The van der Waals surface area contributed by atoms with E-state index in [9.17, 15) is 14.7 Å². The standard InChI is InChI=1S/C26H31ClN4O4/c1-25(2,3)35-24(33)31-15-18-19(27)7-8-20(22(18)23(31)32)29-21-9-6-17(14-28-21)30-12-10-26(34,11-13-30)16-4-5-16/h6-9,14,16,34H,4-5,10-13,15H2,1-3H3,(H,28,29). The molecule has 1 aromatic carbocycles. The lowest BCUT2D eigenvalue weighted by Crippen LogP contribution is -2.45. The fraction of sp³-hybridized carbons (Fsp3) is 0.500. The molecule has 2 fully saturated rings. The highest BCUT2D eigenvalue weighted by atomic mass is 35.5. The van der Waals surface area contributed by atoms with E-state index >= 15 is 0 Å². The molecule has 3 aliphatic rings. The summed E-state index contributed by atoms with van der Waals surface area (Å²) >= 11 is 6.37. The van der Waals surface area contributed by atoms with Gasteiger partial charge in [0, 0.05) is 23.7 Å². The van der Waals surface area contributed by atoms with E-state index in [1.165, 1.54) is 0 Å². The van der Waals surface area contributed by atoms with Crippen molar-refractivity contribution in [1.29, 1.82) is 0 Å². The van der Waals surface area contributed by atoms with Gasteiger partial charge in [-0.25, -0.2) is 14.7 Å². The van der Waals surface area contributed by atoms with Crippen LogP contribution in [0, 0.1) is 5.92 Å². The molecule has 0 atom stereocenters. The number of amides is 2. The van der Waals surface area contributed by atoms with Crippen LogP contribution < -0.4 is 10.2 Å². The third kappa shape index (κ3) is 4.82. The molecule has 1 aromatic heterocycles. The van der Waals surface area contributed by atoms with E-state index in [0.717, 1.165) is 49.4 Å². The molecule has 9 heteroatoms. The van der Waals surface area contributed by atoms with Crippen molar-refractivity contribution in [3.05, 3.63) is 46.6 Å². The van der Waals surface area contributed by atoms with E-state index in [0.29, 0.717) is 33.6 Å². The number of pyridine rings is 1. The second kappa shape index (κ2) is 8.68. The van der Waals surface area contributed by atoms with Crippen LogP contribution in [-0.4, -0.2) is 51.3 Å². The molecule has 0 radical (unpaired) electrons. The number of hydrogen-bond acceptors (Lipinski definition) is 7. The number of carbonyl (C=O) groups excluding carboxylic acids is 2. The highest BCUT2D eigenvalue weighted by Crippen LogP contribution is 2.45. The lowest BCUT2D eigenvalue weighted by atomic mass is 9.86. The van der Waals surface area contributed by atoms with Gasteiger partial charge in [-0.15, -0.1) is 0 Å². The van der Waals surface area contributed by atoms with Crippen molar-refractivity contribution in [2.75, 3.05) is 23.3 Å². The molecule has 1 aliphatic carbocycles. The molecule has 0 spiro atoms. The molecule has 2 amide bonds. The van der Waals surface area contributed by atoms with Crippen molar-refractivity contribution in [3.63, 3.8) is 0 Å². The van der Waals surface area contributed by atoms with Crippen LogP contribution in [0.2, 0.25) is 5.02 Å². The van der Waals surface area contributed by atoms with E-state index in [1.54, 1.807) is 39.1 Å². The SMILES string of the molecule is CC(C)(C)OC(=O)N1Cc2c(Cl)ccc(Nc3ccc(N4CCC(O)(C5CC5)CC4)cn3)c2C1=O. The van der Waals surface area contributed by atoms with Crippen LogP contribution in [0.25, 0.3) is 0 Å². The predicted octanol–water partition coefficient (Wildman–Crippen LogP) is 5.11. The number of anilines is 3. The zero-order chi connectivity index (χ0) is 25.0. The average Bonchev–Trinajstić information content (AvgIpc) is 3.60. The van der Waals surface area contributed by atoms with Crippen LogP contribution >= 0.6 is 11.6 Å². The number of aliphatic hydroxyl groups is 1. The number of nitrogens with one attached hydrogen (secondary N) is 1. The Bertz CT molecular complexity index is 1150. The summed E-state index contributed by atoms with van der Waals surface area (Å²) in [6.07, 6.45) is 4.96. The van der Waals surface area contributed by atoms with Gasteiger partial charge in [0.15, 0.2) is 0 Å². The first-order chi connectivity index (χ1) is 16.5. The van der Waals surface area contributed by atoms with Crippen molar-refractivity contribution < 1.29 is 19.4 Å². The number of imide groups is 1. The molecular formula is C26H31ClN4O4. The van der Waals surface area contributed by atoms with Crippen molar-refractivity contribution in [2.24, 2.45) is 5.92 Å². The molecule has 2 aromatic rings. The summed E-state index contributed by atoms with van der Waals surface area (Å²) in [5.74, 6) is 0.602. The van der Waals surface area contributed by atoms with Gasteiger partial charge in [-0.2, -0.15) is 0 Å². The Labute approximate surface area is 210 Å². The Morgan fingerprint density at radius 2 is 1.91 bits per heavy atom. The third-order valence-corrected chi connectivity index (χ3v) is 7.34. The van der Waals surface area contributed by atoms with Crippen molar-refractivity contribution in [1.82, 2.24) is 9.88 Å². The van der Waals surface area contributed by atoms with Crippen LogP contribution in [0.15, 0.2) is 30.5 Å². The number of halogens is 1. The lowest BCUT2D eigenvalue weighted by Gasteiger charge is -2.39. The smallest absolute Gasteiger partial charge is 0.417 e. The summed E-state index contributed by atoms with van der Waals surface area (Å²) < 4.78 is 5.39. The molecule has 0 unspecified atom stereocenters. The van der Waals surface area contributed by atoms with Crippen LogP contribution in [0.1, 0.15) is 62.4 Å². The number of rotatable bonds is 4. The summed E-state index contributed by atoms with van der Waals surface area (Å²) in [6, 6.07) is 7.28. The summed E-state index contributed by atoms with van der Waals surface area (Å²) in [5.41, 5.74) is 1.26. The third-order valence-electron chi connectivity index (χ3n) is 6.99. The number of nitrogens with zero attached hydrogens (tertiary/aromatic N) is 3. The second-order valence-corrected chi connectivity index (χ2v) is 11.1. The van der Waals surface area contributed by atoms with Crippen LogP contribution in [0.5, 0.6) is 0 Å². The van der Waals surface area contributed by atoms with E-state index in [1.807, 2.05) is 12.1 Å². The van der Waals surface area contributed by atoms with Crippen molar-refractivity contribution >= 4 is 40.8 Å². The van der Waals surface area contributed by atoms with Gasteiger partial charge in [0.05, 0.1) is 35.3 Å². The fourth-order valence-electron chi connectivity index (χ4n) is 4.92. The molecule has 5 rings (SSSR count). The largest absolute Gasteiger partial charge is 0.443 e. The lowest BCUT2D eigenvalue weighted by molar-refractivity contribution is -0.00533. The van der Waals surface area contributed by atoms with Crippen LogP contribution in [-0.2, 0) is 11.3 Å². The summed E-state index contributed by atoms with van der Waals surface area (Å²) in [6.45, 7) is 6.94. The Morgan fingerprint density at radius 3 is 2.51 bits per heavy atom. The fourth-order valence-corrected chi connectivity index (χ4v) is 5.14. The number of hydrogen-bond donors (Lipinski definition) is 2. The molecule has 1 saturated heterocycles. The molecule has 2 aliphatic heterocycles. The molecule has 2 N–H and O–H groups in total. The Morgan fingerprint density at radius 1 is 1.20 bits per heavy atom. The summed E-state index contributed by atoms with van der Waals surface area (Å²) in [5, 5.41) is 14.4. The maximum atomic E-state index is 13.1. The quantitative estimate of drug-likeness (QED) is 0.604. The first kappa shape index (κ1) is 23.9. The molecule has 0 bridgehead atoms. The number of benzene rings is 1. The molecule has 35 heavy (non-hydrogen) atoms. The van der Waals surface area contributed by atoms with Gasteiger partial charge in [0.2, 0.25) is 0 Å². The van der Waals surface area contributed by atoms with Gasteiger partial charge < -0.3 is 20.1 Å². The second-order valence-electron chi connectivity index (χ2n) is 10.7. The molecule has 3 heterocycles. The minimum Gasteiger partial charge on any atom is -0.443 e. The first-order valence-electron chi connectivity index (χ1n) is 12.1. The normalized spacial score (nSPS) is 19.5. The summed E-state index contributed by atoms with van der Waals surface area (Å²) in [4.78, 5) is 33.6. The molecule has 186 valence electrons. The van der Waals surface area contributed by atoms with Gasteiger partial charge in [-0.3, -0.25) is 4.79 Å². The van der Waals surface area contributed by atoms with Crippen molar-refractivity contribution in [3.8, 4) is 0 Å². The monoisotopic (exact) mass is 498 g/mol. The maximum Gasteiger partial charge on any atom is 0.417 e. The van der Waals surface area contributed by atoms with Crippen LogP contribution in [0.4, 0.5) is 22.0 Å². The summed E-state index contributed by atoms with van der Waals surface area (Å²) in [7, 11) is 0. The zero-order valence-corrected chi connectivity index (χ0v) is 21.1. The highest BCUT2D eigenvalue weighted by Gasteiger charge is 2.45. The Hall–Kier alpha value is -2.84. The molecule has 8 nitrogen and oxygen atoms in total. The number of piperidine rings is 1. The van der Waals surface area contributed by atoms with Gasteiger partial charge in [0.1, 0.15) is 11.4 Å². The van der Waals surface area contributed by atoms with Crippen molar-refractivity contribution in [2.45, 2.75) is 64.2 Å². The van der Waals surface area contributed by atoms with E-state index in [-0.39, 0.29) is 6.54 Å². The van der Waals surface area contributed by atoms with Gasteiger partial charge in [0.25, 0.3) is 5.91 Å². The van der Waals surface area contributed by atoms with Gasteiger partial charge >= 0.3 is 6.09 Å². The first-order valence-corrected chi connectivity index (χ1v) is 12.5.